The zero-order valence-corrected chi connectivity index (χ0v) is 21.3. The second kappa shape index (κ2) is 12.5. The first-order valence-electron chi connectivity index (χ1n) is 12.7. The van der Waals surface area contributed by atoms with Crippen LogP contribution in [0, 0.1) is 0 Å². The molecule has 0 atom stereocenters. The van der Waals surface area contributed by atoms with Crippen LogP contribution in [0.25, 0.3) is 0 Å². The van der Waals surface area contributed by atoms with E-state index in [-0.39, 0.29) is 17.9 Å². The summed E-state index contributed by atoms with van der Waals surface area (Å²) < 4.78 is 0. The summed E-state index contributed by atoms with van der Waals surface area (Å²) in [5, 5.41) is 3.04. The molecule has 0 radical (unpaired) electrons. The van der Waals surface area contributed by atoms with Gasteiger partial charge < -0.3 is 10.2 Å². The summed E-state index contributed by atoms with van der Waals surface area (Å²) in [5.74, 6) is 0.110. The molecule has 2 amide bonds. The van der Waals surface area contributed by atoms with E-state index in [1.807, 2.05) is 72.6 Å². The van der Waals surface area contributed by atoms with Gasteiger partial charge in [-0.3, -0.25) is 19.4 Å². The van der Waals surface area contributed by atoms with E-state index in [2.05, 4.69) is 46.3 Å². The Morgan fingerprint density at radius 2 is 1.39 bits per heavy atom. The number of piperazine rings is 1. The van der Waals surface area contributed by atoms with Crippen molar-refractivity contribution in [1.29, 1.82) is 0 Å². The Kier molecular flexibility index (Phi) is 8.87. The van der Waals surface area contributed by atoms with Crippen LogP contribution in [0.1, 0.15) is 29.7 Å². The second-order valence-electron chi connectivity index (χ2n) is 9.35. The minimum Gasteiger partial charge on any atom is -0.339 e. The van der Waals surface area contributed by atoms with Gasteiger partial charge in [0.05, 0.1) is 19.1 Å². The fourth-order valence-electron chi connectivity index (χ4n) is 4.88. The van der Waals surface area contributed by atoms with Crippen LogP contribution >= 0.6 is 0 Å². The summed E-state index contributed by atoms with van der Waals surface area (Å²) >= 11 is 0. The highest BCUT2D eigenvalue weighted by Crippen LogP contribution is 2.27. The van der Waals surface area contributed by atoms with Gasteiger partial charge in [-0.05, 0) is 36.2 Å². The number of amides is 2. The van der Waals surface area contributed by atoms with E-state index in [9.17, 15) is 9.59 Å². The molecule has 1 fully saturated rings. The van der Waals surface area contributed by atoms with Gasteiger partial charge in [-0.15, -0.1) is 0 Å². The van der Waals surface area contributed by atoms with E-state index in [0.717, 1.165) is 17.7 Å². The molecule has 1 N–H and O–H groups in total. The van der Waals surface area contributed by atoms with Crippen LogP contribution in [0.5, 0.6) is 0 Å². The molecule has 3 aromatic rings. The molecular formula is C30H36N4O2. The van der Waals surface area contributed by atoms with E-state index < -0.39 is 0 Å². The predicted molar refractivity (Wildman–Crippen MR) is 145 cm³/mol. The van der Waals surface area contributed by atoms with E-state index in [4.69, 9.17) is 0 Å². The molecule has 6 heteroatoms. The molecule has 1 heterocycles. The molecule has 0 aromatic heterocycles. The summed E-state index contributed by atoms with van der Waals surface area (Å²) in [5.41, 5.74) is 4.35. The number of para-hydroxylation sites is 1. The molecule has 0 bridgehead atoms. The Morgan fingerprint density at radius 1 is 0.833 bits per heavy atom. The van der Waals surface area contributed by atoms with Gasteiger partial charge in [-0.2, -0.15) is 0 Å². The molecule has 6 nitrogen and oxygen atoms in total. The Morgan fingerprint density at radius 3 is 1.97 bits per heavy atom. The summed E-state index contributed by atoms with van der Waals surface area (Å²) in [6.07, 6.45) is 0.876. The maximum absolute atomic E-state index is 13.2. The normalized spacial score (nSPS) is 14.3. The van der Waals surface area contributed by atoms with Gasteiger partial charge in [-0.1, -0.05) is 85.8 Å². The molecular weight excluding hydrogens is 448 g/mol. The number of aryl methyl sites for hydroxylation is 1. The average Bonchev–Trinajstić information content (AvgIpc) is 2.90. The summed E-state index contributed by atoms with van der Waals surface area (Å²) in [6.45, 7) is 5.41. The van der Waals surface area contributed by atoms with Crippen molar-refractivity contribution in [3.63, 3.8) is 0 Å². The van der Waals surface area contributed by atoms with Crippen LogP contribution in [0.3, 0.4) is 0 Å². The standard InChI is InChI=1S/C30H36N4O2/c1-3-24-12-10-11-17-27(24)31-28(35)22-33-18-20-34(21-19-33)29(36)23-32(2)30(25-13-6-4-7-14-25)26-15-8-5-9-16-26/h4-17,30H,3,18-23H2,1-2H3,(H,31,35). The number of nitrogens with one attached hydrogen (secondary N) is 1. The highest BCUT2D eigenvalue weighted by molar-refractivity contribution is 5.93. The smallest absolute Gasteiger partial charge is 0.238 e. The highest BCUT2D eigenvalue weighted by Gasteiger charge is 2.26. The van der Waals surface area contributed by atoms with Gasteiger partial charge >= 0.3 is 0 Å². The van der Waals surface area contributed by atoms with E-state index in [0.29, 0.717) is 39.3 Å². The van der Waals surface area contributed by atoms with Crippen LogP contribution < -0.4 is 5.32 Å². The van der Waals surface area contributed by atoms with E-state index in [1.54, 1.807) is 0 Å². The number of hydrogen-bond donors (Lipinski definition) is 1. The molecule has 0 unspecified atom stereocenters. The molecule has 0 spiro atoms. The van der Waals surface area contributed by atoms with Crippen molar-refractivity contribution >= 4 is 17.5 Å². The molecule has 3 aromatic carbocycles. The first-order chi connectivity index (χ1) is 17.5. The number of hydrogen-bond acceptors (Lipinski definition) is 4. The molecule has 36 heavy (non-hydrogen) atoms. The third-order valence-corrected chi connectivity index (χ3v) is 6.82. The molecule has 1 aliphatic heterocycles. The van der Waals surface area contributed by atoms with Crippen molar-refractivity contribution in [2.45, 2.75) is 19.4 Å². The zero-order chi connectivity index (χ0) is 25.3. The zero-order valence-electron chi connectivity index (χ0n) is 21.3. The average molecular weight is 485 g/mol. The quantitative estimate of drug-likeness (QED) is 0.498. The topological polar surface area (TPSA) is 55.9 Å². The Balaban J connectivity index is 1.30. The van der Waals surface area contributed by atoms with Crippen molar-refractivity contribution in [3.8, 4) is 0 Å². The summed E-state index contributed by atoms with van der Waals surface area (Å²) in [4.78, 5) is 32.0. The fourth-order valence-corrected chi connectivity index (χ4v) is 4.88. The van der Waals surface area contributed by atoms with Crippen LogP contribution in [0.2, 0.25) is 0 Å². The molecule has 0 saturated carbocycles. The van der Waals surface area contributed by atoms with Crippen molar-refractivity contribution < 1.29 is 9.59 Å². The van der Waals surface area contributed by atoms with Gasteiger partial charge in [0.1, 0.15) is 0 Å². The predicted octanol–water partition coefficient (Wildman–Crippen LogP) is 4.05. The molecule has 0 aliphatic carbocycles. The number of carbonyl (C=O) groups is 2. The maximum atomic E-state index is 13.2. The van der Waals surface area contributed by atoms with Crippen molar-refractivity contribution in [3.05, 3.63) is 102 Å². The lowest BCUT2D eigenvalue weighted by molar-refractivity contribution is -0.134. The lowest BCUT2D eigenvalue weighted by atomic mass is 9.97. The molecule has 1 aliphatic rings. The monoisotopic (exact) mass is 484 g/mol. The van der Waals surface area contributed by atoms with E-state index >= 15 is 0 Å². The van der Waals surface area contributed by atoms with Crippen LogP contribution in [0.4, 0.5) is 5.69 Å². The number of anilines is 1. The van der Waals surface area contributed by atoms with Crippen molar-refractivity contribution in [1.82, 2.24) is 14.7 Å². The lowest BCUT2D eigenvalue weighted by Gasteiger charge is -2.36. The Hall–Kier alpha value is -3.48. The third kappa shape index (κ3) is 6.59. The van der Waals surface area contributed by atoms with Gasteiger partial charge in [0.25, 0.3) is 0 Å². The van der Waals surface area contributed by atoms with E-state index in [1.165, 1.54) is 11.1 Å². The number of rotatable bonds is 9. The largest absolute Gasteiger partial charge is 0.339 e. The minimum atomic E-state index is -0.0102. The molecule has 188 valence electrons. The lowest BCUT2D eigenvalue weighted by Crippen LogP contribution is -2.52. The van der Waals surface area contributed by atoms with Crippen LogP contribution in [-0.2, 0) is 16.0 Å². The van der Waals surface area contributed by atoms with Gasteiger partial charge in [0.2, 0.25) is 11.8 Å². The number of nitrogens with zero attached hydrogens (tertiary/aromatic N) is 3. The fraction of sp³-hybridized carbons (Fsp3) is 0.333. The first kappa shape index (κ1) is 25.6. The minimum absolute atomic E-state index is 0.00679. The highest BCUT2D eigenvalue weighted by atomic mass is 16.2. The Bertz CT molecular complexity index is 1090. The van der Waals surface area contributed by atoms with Crippen LogP contribution in [-0.4, -0.2) is 72.8 Å². The first-order valence-corrected chi connectivity index (χ1v) is 12.7. The van der Waals surface area contributed by atoms with Crippen molar-refractivity contribution in [2.24, 2.45) is 0 Å². The molecule has 1 saturated heterocycles. The van der Waals surface area contributed by atoms with Crippen molar-refractivity contribution in [2.75, 3.05) is 51.6 Å². The van der Waals surface area contributed by atoms with Crippen LogP contribution in [0.15, 0.2) is 84.9 Å². The second-order valence-corrected chi connectivity index (χ2v) is 9.35. The SMILES string of the molecule is CCc1ccccc1NC(=O)CN1CCN(C(=O)CN(C)C(c2ccccc2)c2ccccc2)CC1. The summed E-state index contributed by atoms with van der Waals surface area (Å²) in [6, 6.07) is 28.6. The third-order valence-electron chi connectivity index (χ3n) is 6.82. The van der Waals surface area contributed by atoms with Gasteiger partial charge in [0, 0.05) is 31.9 Å². The molecule has 4 rings (SSSR count). The number of likely N-dealkylation sites (N-methyl/N-ethyl adjacent to an activating group) is 1. The number of benzene rings is 3. The Labute approximate surface area is 214 Å². The summed E-state index contributed by atoms with van der Waals surface area (Å²) in [7, 11) is 2.01. The van der Waals surface area contributed by atoms with Gasteiger partial charge in [0.15, 0.2) is 0 Å². The number of carbonyl (C=O) groups excluding carboxylic acids is 2. The van der Waals surface area contributed by atoms with Gasteiger partial charge in [-0.25, -0.2) is 0 Å². The maximum Gasteiger partial charge on any atom is 0.238 e.